The summed E-state index contributed by atoms with van der Waals surface area (Å²) < 4.78 is 14.3. The largest absolute Gasteiger partial charge is 0.328 e. The molecule has 0 aliphatic heterocycles. The van der Waals surface area contributed by atoms with Crippen LogP contribution in [0, 0.1) is 0 Å². The van der Waals surface area contributed by atoms with Crippen LogP contribution in [0.15, 0.2) is 16.8 Å². The summed E-state index contributed by atoms with van der Waals surface area (Å²) in [7, 11) is 0. The molecular formula is C10H14FNS. The molecule has 0 bridgehead atoms. The summed E-state index contributed by atoms with van der Waals surface area (Å²) in [4.78, 5) is 0. The molecule has 3 heteroatoms. The Balaban J connectivity index is 2.13. The SMILES string of the molecule is NC1CCC(F)(c2ccsc2)CC1. The van der Waals surface area contributed by atoms with Crippen LogP contribution in [0.25, 0.3) is 0 Å². The Morgan fingerprint density at radius 3 is 2.69 bits per heavy atom. The summed E-state index contributed by atoms with van der Waals surface area (Å²) in [6, 6.07) is 2.10. The van der Waals surface area contributed by atoms with Gasteiger partial charge >= 0.3 is 0 Å². The lowest BCUT2D eigenvalue weighted by atomic mass is 9.80. The lowest BCUT2D eigenvalue weighted by Crippen LogP contribution is -2.33. The monoisotopic (exact) mass is 199 g/mol. The Kier molecular flexibility index (Phi) is 2.39. The standard InChI is InChI=1S/C10H14FNS/c11-10(8-3-6-13-7-8)4-1-9(12)2-5-10/h3,6-7,9H,1-2,4-5,12H2. The maximum absolute atomic E-state index is 14.3. The Morgan fingerprint density at radius 1 is 1.46 bits per heavy atom. The highest BCUT2D eigenvalue weighted by molar-refractivity contribution is 7.08. The minimum Gasteiger partial charge on any atom is -0.328 e. The third-order valence-corrected chi connectivity index (χ3v) is 3.54. The Bertz CT molecular complexity index is 262. The predicted octanol–water partition coefficient (Wildman–Crippen LogP) is 2.81. The van der Waals surface area contributed by atoms with Crippen molar-refractivity contribution in [3.8, 4) is 0 Å². The first-order valence-corrected chi connectivity index (χ1v) is 5.62. The molecule has 0 amide bonds. The molecule has 1 saturated carbocycles. The number of alkyl halides is 1. The van der Waals surface area contributed by atoms with Crippen molar-refractivity contribution in [2.45, 2.75) is 37.4 Å². The van der Waals surface area contributed by atoms with Crippen LogP contribution in [0.5, 0.6) is 0 Å². The van der Waals surface area contributed by atoms with Gasteiger partial charge in [0.15, 0.2) is 0 Å². The van der Waals surface area contributed by atoms with E-state index in [0.29, 0.717) is 12.8 Å². The quantitative estimate of drug-likeness (QED) is 0.739. The minimum absolute atomic E-state index is 0.211. The van der Waals surface area contributed by atoms with Crippen LogP contribution in [-0.4, -0.2) is 6.04 Å². The summed E-state index contributed by atoms with van der Waals surface area (Å²) in [5.74, 6) is 0. The number of halogens is 1. The summed E-state index contributed by atoms with van der Waals surface area (Å²) in [6.07, 6.45) is 2.80. The van der Waals surface area contributed by atoms with Gasteiger partial charge in [-0.05, 0) is 48.1 Å². The van der Waals surface area contributed by atoms with Gasteiger partial charge in [-0.25, -0.2) is 4.39 Å². The Hall–Kier alpha value is -0.410. The number of nitrogens with two attached hydrogens (primary N) is 1. The highest BCUT2D eigenvalue weighted by Crippen LogP contribution is 2.40. The average molecular weight is 199 g/mol. The van der Waals surface area contributed by atoms with Gasteiger partial charge in [-0.1, -0.05) is 0 Å². The Labute approximate surface area is 81.8 Å². The van der Waals surface area contributed by atoms with Gasteiger partial charge in [-0.2, -0.15) is 11.3 Å². The van der Waals surface area contributed by atoms with Crippen molar-refractivity contribution in [2.24, 2.45) is 5.73 Å². The van der Waals surface area contributed by atoms with E-state index in [1.165, 1.54) is 0 Å². The van der Waals surface area contributed by atoms with Crippen LogP contribution < -0.4 is 5.73 Å². The molecule has 0 radical (unpaired) electrons. The number of thiophene rings is 1. The highest BCUT2D eigenvalue weighted by atomic mass is 32.1. The van der Waals surface area contributed by atoms with Crippen LogP contribution in [-0.2, 0) is 5.67 Å². The van der Waals surface area contributed by atoms with Crippen LogP contribution in [0.2, 0.25) is 0 Å². The molecule has 0 unspecified atom stereocenters. The van der Waals surface area contributed by atoms with E-state index in [1.54, 1.807) is 11.3 Å². The smallest absolute Gasteiger partial charge is 0.136 e. The predicted molar refractivity (Wildman–Crippen MR) is 53.5 cm³/mol. The molecular weight excluding hydrogens is 185 g/mol. The van der Waals surface area contributed by atoms with Crippen molar-refractivity contribution in [2.75, 3.05) is 0 Å². The van der Waals surface area contributed by atoms with Crippen molar-refractivity contribution in [3.05, 3.63) is 22.4 Å². The lowest BCUT2D eigenvalue weighted by molar-refractivity contribution is 0.0984. The van der Waals surface area contributed by atoms with Gasteiger partial charge in [0, 0.05) is 6.04 Å². The molecule has 1 heterocycles. The highest BCUT2D eigenvalue weighted by Gasteiger charge is 2.36. The second-order valence-corrected chi connectivity index (χ2v) is 4.59. The summed E-state index contributed by atoms with van der Waals surface area (Å²) in [5.41, 5.74) is 5.51. The van der Waals surface area contributed by atoms with Crippen molar-refractivity contribution < 1.29 is 4.39 Å². The zero-order valence-corrected chi connectivity index (χ0v) is 8.32. The molecule has 0 atom stereocenters. The van der Waals surface area contributed by atoms with E-state index in [9.17, 15) is 4.39 Å². The third-order valence-electron chi connectivity index (χ3n) is 2.86. The van der Waals surface area contributed by atoms with Gasteiger partial charge in [-0.3, -0.25) is 0 Å². The van der Waals surface area contributed by atoms with Crippen LogP contribution in [0.3, 0.4) is 0 Å². The molecule has 1 aromatic heterocycles. The fraction of sp³-hybridized carbons (Fsp3) is 0.600. The van der Waals surface area contributed by atoms with E-state index in [0.717, 1.165) is 18.4 Å². The first kappa shape index (κ1) is 9.16. The topological polar surface area (TPSA) is 26.0 Å². The molecule has 0 aromatic carbocycles. The summed E-state index contributed by atoms with van der Waals surface area (Å²) in [5, 5.41) is 3.85. The van der Waals surface area contributed by atoms with Crippen LogP contribution >= 0.6 is 11.3 Å². The van der Waals surface area contributed by atoms with E-state index in [4.69, 9.17) is 5.73 Å². The summed E-state index contributed by atoms with van der Waals surface area (Å²) >= 11 is 1.56. The molecule has 1 aliphatic rings. The van der Waals surface area contributed by atoms with Gasteiger partial charge in [0.1, 0.15) is 5.67 Å². The maximum Gasteiger partial charge on any atom is 0.136 e. The molecule has 0 spiro atoms. The van der Waals surface area contributed by atoms with E-state index < -0.39 is 5.67 Å². The van der Waals surface area contributed by atoms with Gasteiger partial charge in [0.2, 0.25) is 0 Å². The normalized spacial score (nSPS) is 34.8. The summed E-state index contributed by atoms with van der Waals surface area (Å²) in [6.45, 7) is 0. The van der Waals surface area contributed by atoms with E-state index in [-0.39, 0.29) is 6.04 Å². The van der Waals surface area contributed by atoms with E-state index >= 15 is 0 Å². The van der Waals surface area contributed by atoms with Crippen molar-refractivity contribution in [1.82, 2.24) is 0 Å². The average Bonchev–Trinajstić information content (AvgIpc) is 2.63. The van der Waals surface area contributed by atoms with Crippen LogP contribution in [0.1, 0.15) is 31.2 Å². The molecule has 0 saturated heterocycles. The molecule has 1 aliphatic carbocycles. The molecule has 1 nitrogen and oxygen atoms in total. The molecule has 2 rings (SSSR count). The van der Waals surface area contributed by atoms with Crippen molar-refractivity contribution >= 4 is 11.3 Å². The minimum atomic E-state index is -1.09. The Morgan fingerprint density at radius 2 is 2.15 bits per heavy atom. The fourth-order valence-corrected chi connectivity index (χ4v) is 2.65. The van der Waals surface area contributed by atoms with E-state index in [1.807, 2.05) is 16.8 Å². The van der Waals surface area contributed by atoms with E-state index in [2.05, 4.69) is 0 Å². The zero-order chi connectivity index (χ0) is 9.31. The zero-order valence-electron chi connectivity index (χ0n) is 7.50. The third kappa shape index (κ3) is 1.76. The molecule has 13 heavy (non-hydrogen) atoms. The van der Waals surface area contributed by atoms with Crippen molar-refractivity contribution in [3.63, 3.8) is 0 Å². The lowest BCUT2D eigenvalue weighted by Gasteiger charge is -2.31. The number of hydrogen-bond acceptors (Lipinski definition) is 2. The maximum atomic E-state index is 14.3. The first-order valence-electron chi connectivity index (χ1n) is 4.68. The second kappa shape index (κ2) is 3.39. The van der Waals surface area contributed by atoms with Crippen molar-refractivity contribution in [1.29, 1.82) is 0 Å². The second-order valence-electron chi connectivity index (χ2n) is 3.81. The van der Waals surface area contributed by atoms with Gasteiger partial charge in [0.25, 0.3) is 0 Å². The fourth-order valence-electron chi connectivity index (χ4n) is 1.91. The molecule has 1 fully saturated rings. The first-order chi connectivity index (χ1) is 6.21. The van der Waals surface area contributed by atoms with Gasteiger partial charge in [-0.15, -0.1) is 0 Å². The number of hydrogen-bond donors (Lipinski definition) is 1. The van der Waals surface area contributed by atoms with Gasteiger partial charge in [0.05, 0.1) is 0 Å². The number of rotatable bonds is 1. The van der Waals surface area contributed by atoms with Gasteiger partial charge < -0.3 is 5.73 Å². The molecule has 72 valence electrons. The van der Waals surface area contributed by atoms with Crippen LogP contribution in [0.4, 0.5) is 4.39 Å². The molecule has 1 aromatic rings. The molecule has 2 N–H and O–H groups in total.